The molecule has 1 radical (unpaired) electrons. The Labute approximate surface area is 342 Å². The van der Waals surface area contributed by atoms with Gasteiger partial charge in [-0.25, -0.2) is 0 Å². The molecule has 0 rings (SSSR count). The van der Waals surface area contributed by atoms with Gasteiger partial charge in [0, 0.05) is 70.1 Å². The first kappa shape index (κ1) is 62.0. The standard InChI is InChI=1S/3C10H11F7O2.La/c3*1-7(2,3)5(18)4-6(19)8(11,12)9(13,14)10(15,16)17;/h3*4,19H,1-3H3;/b2*6-4-;;. The minimum atomic E-state index is -6.57. The number of allylic oxidation sites excluding steroid dienone is 6. The van der Waals surface area contributed by atoms with Crippen molar-refractivity contribution < 1.29 is 158 Å². The molecule has 0 aliphatic rings. The van der Waals surface area contributed by atoms with Crippen LogP contribution in [0.3, 0.4) is 0 Å². The quantitative estimate of drug-likeness (QED) is 0.121. The number of hydrogen-bond donors (Lipinski definition) is 3. The maximum absolute atomic E-state index is 12.9. The molecule has 0 spiro atoms. The van der Waals surface area contributed by atoms with Crippen molar-refractivity contribution in [1.82, 2.24) is 0 Å². The largest absolute Gasteiger partial charge is 0.506 e. The van der Waals surface area contributed by atoms with Crippen molar-refractivity contribution in [2.45, 2.75) is 116 Å². The summed E-state index contributed by atoms with van der Waals surface area (Å²) in [6.45, 7) is 10.9. The normalized spacial score (nSPS) is 15.3. The van der Waals surface area contributed by atoms with Crippen LogP contribution in [0.1, 0.15) is 62.3 Å². The Morgan fingerprint density at radius 1 is 0.328 bits per heavy atom. The second-order valence-corrected chi connectivity index (χ2v) is 14.4. The van der Waals surface area contributed by atoms with E-state index in [9.17, 15) is 107 Å². The average Bonchev–Trinajstić information content (AvgIpc) is 2.93. The Morgan fingerprint density at radius 3 is 0.534 bits per heavy atom. The molecule has 28 heteroatoms. The molecular weight excluding hydrogens is 994 g/mol. The third kappa shape index (κ3) is 14.8. The van der Waals surface area contributed by atoms with Crippen molar-refractivity contribution in [3.05, 3.63) is 35.5 Å². The van der Waals surface area contributed by atoms with Crippen LogP contribution in [0.4, 0.5) is 92.2 Å². The number of carbonyl (C=O) groups excluding carboxylic acids is 3. The molecule has 0 aromatic rings. The molecule has 0 fully saturated rings. The van der Waals surface area contributed by atoms with Crippen molar-refractivity contribution in [2.24, 2.45) is 16.2 Å². The van der Waals surface area contributed by atoms with Crippen LogP contribution in [0.25, 0.3) is 0 Å². The van der Waals surface area contributed by atoms with Crippen LogP contribution < -0.4 is 0 Å². The fourth-order valence-electron chi connectivity index (χ4n) is 2.31. The van der Waals surface area contributed by atoms with Gasteiger partial charge in [0.25, 0.3) is 0 Å². The van der Waals surface area contributed by atoms with Gasteiger partial charge in [-0.2, -0.15) is 92.2 Å². The maximum atomic E-state index is 12.9. The summed E-state index contributed by atoms with van der Waals surface area (Å²) in [4.78, 5) is 33.6. The van der Waals surface area contributed by atoms with Gasteiger partial charge in [0.05, 0.1) is 0 Å². The van der Waals surface area contributed by atoms with E-state index in [4.69, 9.17) is 15.3 Å². The number of aliphatic hydroxyl groups excluding tert-OH is 3. The minimum Gasteiger partial charge on any atom is -0.506 e. The number of hydrogen-bond acceptors (Lipinski definition) is 6. The Balaban J connectivity index is -0.000000374. The number of rotatable bonds is 9. The first-order valence-electron chi connectivity index (χ1n) is 14.5. The van der Waals surface area contributed by atoms with E-state index >= 15 is 0 Å². The molecule has 0 saturated carbocycles. The van der Waals surface area contributed by atoms with Gasteiger partial charge in [-0.15, -0.1) is 0 Å². The van der Waals surface area contributed by atoms with Crippen LogP contribution in [0.5, 0.6) is 0 Å². The zero-order chi connectivity index (χ0) is 47.6. The topological polar surface area (TPSA) is 112 Å². The minimum absolute atomic E-state index is 0. The van der Waals surface area contributed by atoms with E-state index < -0.39 is 105 Å². The Kier molecular flexibility index (Phi) is 20.3. The van der Waals surface area contributed by atoms with Gasteiger partial charge < -0.3 is 15.3 Å². The smallest absolute Gasteiger partial charge is 0.460 e. The van der Waals surface area contributed by atoms with Crippen molar-refractivity contribution in [1.29, 1.82) is 0 Å². The number of carbonyl (C=O) groups is 3. The van der Waals surface area contributed by atoms with Crippen LogP contribution >= 0.6 is 0 Å². The Morgan fingerprint density at radius 2 is 0.448 bits per heavy atom. The van der Waals surface area contributed by atoms with E-state index in [1.807, 2.05) is 0 Å². The molecule has 339 valence electrons. The van der Waals surface area contributed by atoms with Crippen LogP contribution in [0.15, 0.2) is 35.5 Å². The fraction of sp³-hybridized carbons (Fsp3) is 0.700. The van der Waals surface area contributed by atoms with E-state index in [0.717, 1.165) is 0 Å². The molecule has 0 unspecified atom stereocenters. The summed E-state index contributed by atoms with van der Waals surface area (Å²) < 4.78 is 259. The van der Waals surface area contributed by atoms with Gasteiger partial charge in [-0.1, -0.05) is 62.3 Å². The van der Waals surface area contributed by atoms with Gasteiger partial charge in [-0.05, 0) is 0 Å². The zero-order valence-electron chi connectivity index (χ0n) is 30.8. The molecule has 0 atom stereocenters. The van der Waals surface area contributed by atoms with Crippen molar-refractivity contribution in [3.8, 4) is 0 Å². The molecule has 0 saturated heterocycles. The molecule has 0 aliphatic carbocycles. The van der Waals surface area contributed by atoms with Gasteiger partial charge in [-0.3, -0.25) is 14.4 Å². The van der Waals surface area contributed by atoms with Crippen molar-refractivity contribution >= 4 is 17.3 Å². The molecule has 58 heavy (non-hydrogen) atoms. The first-order chi connectivity index (χ1) is 24.1. The zero-order valence-corrected chi connectivity index (χ0v) is 34.4. The SMILES string of the molecule is CC(C)(C)C(=O)/C=C(\O)C(F)(F)C(F)(F)C(F)(F)F.CC(C)(C)C(=O)/C=C(\O)C(F)(F)C(F)(F)C(F)(F)F.CC(C)(C)C(=O)C=C(O)C(F)(F)C(F)(F)C(F)(F)F.[La]. The second kappa shape index (κ2) is 19.0. The van der Waals surface area contributed by atoms with Crippen LogP contribution in [0, 0.1) is 51.8 Å². The van der Waals surface area contributed by atoms with Crippen molar-refractivity contribution in [3.63, 3.8) is 0 Å². The monoisotopic (exact) mass is 1030 g/mol. The second-order valence-electron chi connectivity index (χ2n) is 14.4. The molecule has 0 aliphatic heterocycles. The van der Waals surface area contributed by atoms with E-state index in [0.29, 0.717) is 0 Å². The number of alkyl halides is 21. The predicted octanol–water partition coefficient (Wildman–Crippen LogP) is 11.6. The number of aliphatic hydroxyl groups is 3. The van der Waals surface area contributed by atoms with E-state index in [1.165, 1.54) is 62.3 Å². The summed E-state index contributed by atoms with van der Waals surface area (Å²) in [5.74, 6) is -48.8. The molecule has 0 heterocycles. The number of ketones is 3. The Hall–Kier alpha value is -2.65. The summed E-state index contributed by atoms with van der Waals surface area (Å²) in [5, 5.41) is 26.2. The Bertz CT molecular complexity index is 1350. The summed E-state index contributed by atoms with van der Waals surface area (Å²) in [6, 6.07) is 0. The van der Waals surface area contributed by atoms with Gasteiger partial charge in [0.15, 0.2) is 34.6 Å². The molecule has 0 aromatic carbocycles. The van der Waals surface area contributed by atoms with Crippen LogP contribution in [0.2, 0.25) is 0 Å². The van der Waals surface area contributed by atoms with Gasteiger partial charge >= 0.3 is 54.1 Å². The first-order valence-corrected chi connectivity index (χ1v) is 14.5. The molecular formula is C30H33F21LaO6. The third-order valence-corrected chi connectivity index (χ3v) is 6.24. The van der Waals surface area contributed by atoms with E-state index in [2.05, 4.69) is 0 Å². The van der Waals surface area contributed by atoms with Gasteiger partial charge in [0.1, 0.15) is 0 Å². The summed E-state index contributed by atoms with van der Waals surface area (Å²) >= 11 is 0. The fourth-order valence-corrected chi connectivity index (χ4v) is 2.31. The van der Waals surface area contributed by atoms with Crippen molar-refractivity contribution in [2.75, 3.05) is 0 Å². The molecule has 3 N–H and O–H groups in total. The summed E-state index contributed by atoms with van der Waals surface area (Å²) in [7, 11) is 0. The third-order valence-electron chi connectivity index (χ3n) is 6.24. The van der Waals surface area contributed by atoms with E-state index in [1.54, 1.807) is 0 Å². The molecule has 0 amide bonds. The van der Waals surface area contributed by atoms with E-state index in [-0.39, 0.29) is 53.8 Å². The molecule has 6 nitrogen and oxygen atoms in total. The van der Waals surface area contributed by atoms with Gasteiger partial charge in [0.2, 0.25) is 0 Å². The predicted molar refractivity (Wildman–Crippen MR) is 153 cm³/mol. The number of halogens is 21. The molecule has 0 bridgehead atoms. The van der Waals surface area contributed by atoms with Crippen LogP contribution in [-0.2, 0) is 14.4 Å². The average molecular weight is 1030 g/mol. The maximum Gasteiger partial charge on any atom is 0.460 e. The molecule has 0 aromatic heterocycles. The summed E-state index contributed by atoms with van der Waals surface area (Å²) in [6.07, 6.45) is -20.7. The summed E-state index contributed by atoms with van der Waals surface area (Å²) in [5.41, 5.74) is -3.97. The van der Waals surface area contributed by atoms with Crippen LogP contribution in [-0.4, -0.2) is 86.7 Å².